The summed E-state index contributed by atoms with van der Waals surface area (Å²) in [6.45, 7) is 0. The van der Waals surface area contributed by atoms with Crippen molar-refractivity contribution in [2.75, 3.05) is 11.4 Å². The van der Waals surface area contributed by atoms with Gasteiger partial charge in [-0.05, 0) is 41.3 Å². The van der Waals surface area contributed by atoms with Gasteiger partial charge in [-0.2, -0.15) is 0 Å². The lowest BCUT2D eigenvalue weighted by atomic mass is 10.0. The van der Waals surface area contributed by atoms with Gasteiger partial charge < -0.3 is 4.31 Å². The van der Waals surface area contributed by atoms with Gasteiger partial charge in [0, 0.05) is 11.9 Å². The van der Waals surface area contributed by atoms with Crippen molar-refractivity contribution in [1.29, 1.82) is 0 Å². The highest BCUT2D eigenvalue weighted by Crippen LogP contribution is 2.46. The molecule has 1 heterocycles. The Morgan fingerprint density at radius 2 is 1.95 bits per heavy atom. The second-order valence-electron chi connectivity index (χ2n) is 4.31. The Kier molecular flexibility index (Phi) is 3.37. The highest BCUT2D eigenvalue weighted by molar-refractivity contribution is 8.00. The first kappa shape index (κ1) is 13.1. The minimum absolute atomic E-state index is 0.120. The van der Waals surface area contributed by atoms with E-state index in [2.05, 4.69) is 0 Å². The van der Waals surface area contributed by atoms with Crippen molar-refractivity contribution >= 4 is 40.8 Å². The Morgan fingerprint density at radius 1 is 1.21 bits per heavy atom. The van der Waals surface area contributed by atoms with E-state index in [0.29, 0.717) is 0 Å². The minimum Gasteiger partial charge on any atom is -0.315 e. The highest BCUT2D eigenvalue weighted by atomic mass is 35.5. The lowest BCUT2D eigenvalue weighted by molar-refractivity contribution is 0.624. The lowest BCUT2D eigenvalue weighted by Gasteiger charge is -2.18. The summed E-state index contributed by atoms with van der Waals surface area (Å²) in [6.07, 6.45) is 0. The maximum Gasteiger partial charge on any atom is 0.142 e. The maximum absolute atomic E-state index is 13.7. The smallest absolute Gasteiger partial charge is 0.142 e. The molecule has 1 nitrogen and oxygen atoms in total. The van der Waals surface area contributed by atoms with Gasteiger partial charge in [-0.15, -0.1) is 11.6 Å². The number of anilines is 1. The van der Waals surface area contributed by atoms with E-state index in [9.17, 15) is 4.39 Å². The summed E-state index contributed by atoms with van der Waals surface area (Å²) in [7, 11) is 1.96. The maximum atomic E-state index is 13.7. The first-order valence-electron chi connectivity index (χ1n) is 5.71. The number of benzene rings is 2. The molecule has 1 aliphatic heterocycles. The molecular formula is C14H10Cl2FNS. The molecule has 1 unspecified atom stereocenters. The van der Waals surface area contributed by atoms with E-state index >= 15 is 0 Å². The first-order valence-corrected chi connectivity index (χ1v) is 7.30. The largest absolute Gasteiger partial charge is 0.315 e. The van der Waals surface area contributed by atoms with Crippen LogP contribution >= 0.6 is 35.1 Å². The third kappa shape index (κ3) is 2.20. The van der Waals surface area contributed by atoms with Crippen LogP contribution in [0.15, 0.2) is 41.3 Å². The van der Waals surface area contributed by atoms with E-state index in [-0.39, 0.29) is 10.4 Å². The van der Waals surface area contributed by atoms with Gasteiger partial charge in [-0.1, -0.05) is 29.8 Å². The number of hydrogen-bond donors (Lipinski definition) is 0. The van der Waals surface area contributed by atoms with Crippen LogP contribution in [0.5, 0.6) is 0 Å². The predicted octanol–water partition coefficient (Wildman–Crippen LogP) is 5.26. The van der Waals surface area contributed by atoms with E-state index in [1.165, 1.54) is 18.0 Å². The summed E-state index contributed by atoms with van der Waals surface area (Å²) < 4.78 is 15.7. The molecule has 2 aromatic carbocycles. The second kappa shape index (κ2) is 4.89. The van der Waals surface area contributed by atoms with Gasteiger partial charge in [0.1, 0.15) is 5.82 Å². The molecule has 0 aliphatic carbocycles. The van der Waals surface area contributed by atoms with Crippen LogP contribution in [0.3, 0.4) is 0 Å². The zero-order valence-electron chi connectivity index (χ0n) is 10.0. The molecule has 98 valence electrons. The number of hydrogen-bond acceptors (Lipinski definition) is 2. The molecule has 0 fully saturated rings. The van der Waals surface area contributed by atoms with Gasteiger partial charge in [0.15, 0.2) is 0 Å². The predicted molar refractivity (Wildman–Crippen MR) is 79.8 cm³/mol. The molecule has 1 atom stereocenters. The molecule has 0 saturated heterocycles. The summed E-state index contributed by atoms with van der Waals surface area (Å²) in [5.41, 5.74) is 2.75. The third-order valence-corrected chi connectivity index (χ3v) is 4.89. The van der Waals surface area contributed by atoms with Crippen molar-refractivity contribution in [3.05, 3.63) is 58.4 Å². The van der Waals surface area contributed by atoms with Crippen LogP contribution in [0.4, 0.5) is 10.1 Å². The fourth-order valence-electron chi connectivity index (χ4n) is 2.17. The average molecular weight is 314 g/mol. The molecule has 0 saturated carbocycles. The van der Waals surface area contributed by atoms with Gasteiger partial charge in [0.2, 0.25) is 0 Å². The molecule has 0 spiro atoms. The van der Waals surface area contributed by atoms with E-state index in [1.807, 2.05) is 35.6 Å². The van der Waals surface area contributed by atoms with Crippen LogP contribution in [0.1, 0.15) is 16.5 Å². The molecule has 0 N–H and O–H groups in total. The van der Waals surface area contributed by atoms with Crippen molar-refractivity contribution in [3.8, 4) is 0 Å². The van der Waals surface area contributed by atoms with Crippen LogP contribution in [-0.4, -0.2) is 7.05 Å². The Hall–Kier alpha value is -0.900. The fourth-order valence-corrected chi connectivity index (χ4v) is 3.84. The number of nitrogens with zero attached hydrogens (tertiary/aromatic N) is 1. The van der Waals surface area contributed by atoms with Crippen LogP contribution in [0.25, 0.3) is 0 Å². The summed E-state index contributed by atoms with van der Waals surface area (Å²) in [4.78, 5) is 0.880. The first-order chi connectivity index (χ1) is 9.08. The normalized spacial score (nSPS) is 17.7. The topological polar surface area (TPSA) is 3.24 Å². The van der Waals surface area contributed by atoms with E-state index in [4.69, 9.17) is 23.2 Å². The molecular weight excluding hydrogens is 304 g/mol. The van der Waals surface area contributed by atoms with Crippen LogP contribution in [-0.2, 0) is 0 Å². The molecule has 0 bridgehead atoms. The van der Waals surface area contributed by atoms with E-state index < -0.39 is 5.82 Å². The summed E-state index contributed by atoms with van der Waals surface area (Å²) in [5, 5.41) is -0.259. The Bertz CT molecular complexity index is 647. The Morgan fingerprint density at radius 3 is 2.74 bits per heavy atom. The molecule has 0 amide bonds. The monoisotopic (exact) mass is 313 g/mol. The Labute approximate surface area is 125 Å². The SMILES string of the molecule is CN1Sc2cc(Cl)c(F)cc2C(Cl)c2ccccc21. The standard InChI is InChI=1S/C14H10Cl2FNS/c1-18-12-5-3-2-4-8(12)14(16)9-6-11(17)10(15)7-13(9)19-18/h2-7,14H,1H3. The van der Waals surface area contributed by atoms with E-state index in [0.717, 1.165) is 21.7 Å². The minimum atomic E-state index is -0.436. The molecule has 19 heavy (non-hydrogen) atoms. The van der Waals surface area contributed by atoms with Crippen molar-refractivity contribution in [2.24, 2.45) is 0 Å². The molecule has 5 heteroatoms. The quantitative estimate of drug-likeness (QED) is 0.482. The van der Waals surface area contributed by atoms with Gasteiger partial charge in [-0.25, -0.2) is 4.39 Å². The van der Waals surface area contributed by atoms with E-state index in [1.54, 1.807) is 6.07 Å². The van der Waals surface area contributed by atoms with Crippen molar-refractivity contribution in [2.45, 2.75) is 10.3 Å². The third-order valence-electron chi connectivity index (χ3n) is 3.11. The summed E-state index contributed by atoms with van der Waals surface area (Å²) in [5.74, 6) is -0.436. The highest BCUT2D eigenvalue weighted by Gasteiger charge is 2.26. The Balaban J connectivity index is 2.23. The van der Waals surface area contributed by atoms with Crippen molar-refractivity contribution < 1.29 is 4.39 Å². The molecule has 0 radical (unpaired) electrons. The number of fused-ring (bicyclic) bond motifs is 2. The molecule has 0 aromatic heterocycles. The van der Waals surface area contributed by atoms with Crippen LogP contribution in [0, 0.1) is 5.82 Å². The summed E-state index contributed by atoms with van der Waals surface area (Å²) >= 11 is 13.9. The second-order valence-corrected chi connectivity index (χ2v) is 6.33. The number of alkyl halides is 1. The lowest BCUT2D eigenvalue weighted by Crippen LogP contribution is -2.06. The molecule has 1 aliphatic rings. The van der Waals surface area contributed by atoms with Crippen LogP contribution < -0.4 is 4.31 Å². The zero-order chi connectivity index (χ0) is 13.6. The van der Waals surface area contributed by atoms with Gasteiger partial charge >= 0.3 is 0 Å². The van der Waals surface area contributed by atoms with Crippen molar-refractivity contribution in [3.63, 3.8) is 0 Å². The van der Waals surface area contributed by atoms with Gasteiger partial charge in [0.25, 0.3) is 0 Å². The number of rotatable bonds is 0. The molecule has 3 rings (SSSR count). The molecule has 2 aromatic rings. The van der Waals surface area contributed by atoms with Crippen LogP contribution in [0.2, 0.25) is 5.02 Å². The zero-order valence-corrected chi connectivity index (χ0v) is 12.4. The summed E-state index contributed by atoms with van der Waals surface area (Å²) in [6, 6.07) is 10.9. The van der Waals surface area contributed by atoms with Gasteiger partial charge in [-0.3, -0.25) is 0 Å². The average Bonchev–Trinajstić information content (AvgIpc) is 2.50. The fraction of sp³-hybridized carbons (Fsp3) is 0.143. The van der Waals surface area contributed by atoms with Crippen molar-refractivity contribution in [1.82, 2.24) is 0 Å². The number of para-hydroxylation sites is 1. The van der Waals surface area contributed by atoms with Gasteiger partial charge in [0.05, 0.1) is 16.1 Å². The number of halogens is 3.